The number of hydrogen-bond donors (Lipinski definition) is 0. The van der Waals surface area contributed by atoms with E-state index in [1.54, 1.807) is 6.07 Å². The monoisotopic (exact) mass is 406 g/mol. The molecule has 3 aromatic rings. The third-order valence-electron chi connectivity index (χ3n) is 6.57. The Labute approximate surface area is 176 Å². The van der Waals surface area contributed by atoms with Crippen molar-refractivity contribution in [1.29, 1.82) is 0 Å². The first kappa shape index (κ1) is 18.9. The molecule has 0 radical (unpaired) electrons. The molecular formula is C26H27FOS. The summed E-state index contributed by atoms with van der Waals surface area (Å²) in [7, 11) is 0. The number of benzene rings is 2. The highest BCUT2D eigenvalue weighted by Crippen LogP contribution is 2.38. The molecule has 2 aliphatic rings. The molecule has 0 aliphatic heterocycles. The van der Waals surface area contributed by atoms with Gasteiger partial charge in [0.2, 0.25) is 0 Å². The van der Waals surface area contributed by atoms with Crippen LogP contribution in [0.5, 0.6) is 5.06 Å². The van der Waals surface area contributed by atoms with Gasteiger partial charge in [0.15, 0.2) is 5.06 Å². The Balaban J connectivity index is 1.30. The molecule has 0 atom stereocenters. The first-order chi connectivity index (χ1) is 14.3. The number of ether oxygens (including phenoxy) is 1. The van der Waals surface area contributed by atoms with Crippen molar-refractivity contribution in [3.05, 3.63) is 66.0 Å². The Bertz CT molecular complexity index is 965. The van der Waals surface area contributed by atoms with Gasteiger partial charge in [-0.25, -0.2) is 4.39 Å². The van der Waals surface area contributed by atoms with Crippen molar-refractivity contribution in [3.63, 3.8) is 0 Å². The van der Waals surface area contributed by atoms with Crippen molar-refractivity contribution >= 4 is 11.3 Å². The van der Waals surface area contributed by atoms with Crippen molar-refractivity contribution in [1.82, 2.24) is 0 Å². The van der Waals surface area contributed by atoms with Crippen molar-refractivity contribution in [2.45, 2.75) is 50.9 Å². The van der Waals surface area contributed by atoms with Crippen LogP contribution in [-0.2, 0) is 0 Å². The highest BCUT2D eigenvalue weighted by molar-refractivity contribution is 7.17. The third-order valence-corrected chi connectivity index (χ3v) is 7.60. The predicted molar refractivity (Wildman–Crippen MR) is 119 cm³/mol. The topological polar surface area (TPSA) is 9.23 Å². The molecule has 0 unspecified atom stereocenters. The molecule has 2 aromatic carbocycles. The number of hydrogen-bond acceptors (Lipinski definition) is 2. The van der Waals surface area contributed by atoms with Gasteiger partial charge in [-0.15, -0.1) is 0 Å². The maximum absolute atomic E-state index is 14.9. The van der Waals surface area contributed by atoms with E-state index >= 15 is 0 Å². The molecule has 5 rings (SSSR count). The molecular weight excluding hydrogens is 379 g/mol. The summed E-state index contributed by atoms with van der Waals surface area (Å²) in [5.41, 5.74) is 4.09. The molecule has 150 valence electrons. The van der Waals surface area contributed by atoms with Gasteiger partial charge < -0.3 is 4.74 Å². The summed E-state index contributed by atoms with van der Waals surface area (Å²) < 4.78 is 20.8. The minimum Gasteiger partial charge on any atom is -0.484 e. The van der Waals surface area contributed by atoms with E-state index < -0.39 is 0 Å². The zero-order valence-corrected chi connectivity index (χ0v) is 17.5. The second-order valence-corrected chi connectivity index (χ2v) is 9.57. The lowest BCUT2D eigenvalue weighted by Crippen LogP contribution is -2.18. The van der Waals surface area contributed by atoms with Gasteiger partial charge in [0.05, 0.1) is 6.61 Å². The van der Waals surface area contributed by atoms with Crippen LogP contribution in [0.1, 0.15) is 56.4 Å². The summed E-state index contributed by atoms with van der Waals surface area (Å²) >= 11 is 1.53. The van der Waals surface area contributed by atoms with Gasteiger partial charge in [-0.3, -0.25) is 0 Å². The molecule has 0 bridgehead atoms. The van der Waals surface area contributed by atoms with Crippen molar-refractivity contribution < 1.29 is 9.13 Å². The van der Waals surface area contributed by atoms with Crippen LogP contribution in [0, 0.1) is 11.7 Å². The van der Waals surface area contributed by atoms with E-state index in [0.717, 1.165) is 27.7 Å². The van der Waals surface area contributed by atoms with Crippen molar-refractivity contribution in [2.75, 3.05) is 6.61 Å². The maximum Gasteiger partial charge on any atom is 0.174 e. The molecule has 2 aliphatic carbocycles. The standard InChI is InChI=1S/C26H27FOS/c27-24-16-22(21-10-8-20(9-11-21)19-6-1-2-7-19)12-13-23(24)25-14-15-26(29-25)28-17-18-4-3-5-18/h8-16,18-19H,1-7,17H2. The molecule has 0 amide bonds. The minimum atomic E-state index is -0.172. The molecule has 0 spiro atoms. The SMILES string of the molecule is Fc1cc(-c2ccc(C3CCCC3)cc2)ccc1-c1ccc(OCC2CCC2)s1. The second-order valence-electron chi connectivity index (χ2n) is 8.52. The van der Waals surface area contributed by atoms with Gasteiger partial charge in [-0.2, -0.15) is 0 Å². The fourth-order valence-corrected chi connectivity index (χ4v) is 5.39. The lowest BCUT2D eigenvalue weighted by atomic mass is 9.86. The van der Waals surface area contributed by atoms with Crippen LogP contribution in [0.4, 0.5) is 4.39 Å². The van der Waals surface area contributed by atoms with Crippen LogP contribution in [0.15, 0.2) is 54.6 Å². The average Bonchev–Trinajstić information content (AvgIpc) is 3.39. The highest BCUT2D eigenvalue weighted by atomic mass is 32.1. The lowest BCUT2D eigenvalue weighted by Gasteiger charge is -2.24. The van der Waals surface area contributed by atoms with Gasteiger partial charge in [-0.1, -0.05) is 60.9 Å². The highest BCUT2D eigenvalue weighted by Gasteiger charge is 2.19. The van der Waals surface area contributed by atoms with Crippen LogP contribution >= 0.6 is 11.3 Å². The Morgan fingerprint density at radius 1 is 0.828 bits per heavy atom. The summed E-state index contributed by atoms with van der Waals surface area (Å²) in [5, 5.41) is 0.887. The normalized spacial score (nSPS) is 17.4. The Kier molecular flexibility index (Phi) is 5.41. The van der Waals surface area contributed by atoms with E-state index in [0.29, 0.717) is 17.4 Å². The van der Waals surface area contributed by atoms with Crippen LogP contribution in [0.25, 0.3) is 21.6 Å². The van der Waals surface area contributed by atoms with E-state index in [1.807, 2.05) is 24.3 Å². The quantitative estimate of drug-likeness (QED) is 0.402. The largest absolute Gasteiger partial charge is 0.484 e. The van der Waals surface area contributed by atoms with Gasteiger partial charge in [0.1, 0.15) is 5.82 Å². The smallest absolute Gasteiger partial charge is 0.174 e. The molecule has 2 saturated carbocycles. The second kappa shape index (κ2) is 8.31. The number of thiophene rings is 1. The summed E-state index contributed by atoms with van der Waals surface area (Å²) in [4.78, 5) is 0.925. The minimum absolute atomic E-state index is 0.172. The van der Waals surface area contributed by atoms with Crippen LogP contribution in [0.2, 0.25) is 0 Å². The van der Waals surface area contributed by atoms with Gasteiger partial charge in [0, 0.05) is 10.4 Å². The molecule has 3 heteroatoms. The van der Waals surface area contributed by atoms with E-state index in [-0.39, 0.29) is 5.82 Å². The fraction of sp³-hybridized carbons (Fsp3) is 0.385. The van der Waals surface area contributed by atoms with Crippen LogP contribution < -0.4 is 4.74 Å². The van der Waals surface area contributed by atoms with Crippen molar-refractivity contribution in [2.24, 2.45) is 5.92 Å². The molecule has 1 nitrogen and oxygen atoms in total. The summed E-state index contributed by atoms with van der Waals surface area (Å²) in [6.45, 7) is 0.790. The summed E-state index contributed by atoms with van der Waals surface area (Å²) in [6.07, 6.45) is 9.16. The van der Waals surface area contributed by atoms with Crippen LogP contribution in [0.3, 0.4) is 0 Å². The zero-order valence-electron chi connectivity index (χ0n) is 16.7. The van der Waals surface area contributed by atoms with E-state index in [9.17, 15) is 4.39 Å². The Hall–Kier alpha value is -2.13. The molecule has 0 N–H and O–H groups in total. The van der Waals surface area contributed by atoms with E-state index in [1.165, 1.54) is 61.8 Å². The molecule has 1 aromatic heterocycles. The first-order valence-electron chi connectivity index (χ1n) is 10.9. The summed E-state index contributed by atoms with van der Waals surface area (Å²) in [6, 6.07) is 18.2. The van der Waals surface area contributed by atoms with Crippen LogP contribution in [-0.4, -0.2) is 6.61 Å². The van der Waals surface area contributed by atoms with E-state index in [4.69, 9.17) is 4.74 Å². The lowest BCUT2D eigenvalue weighted by molar-refractivity contribution is 0.184. The Morgan fingerprint density at radius 3 is 2.28 bits per heavy atom. The van der Waals surface area contributed by atoms with Gasteiger partial charge >= 0.3 is 0 Å². The fourth-order valence-electron chi connectivity index (χ4n) is 4.50. The zero-order chi connectivity index (χ0) is 19.6. The summed E-state index contributed by atoms with van der Waals surface area (Å²) in [5.74, 6) is 1.24. The molecule has 2 fully saturated rings. The van der Waals surface area contributed by atoms with Gasteiger partial charge in [0.25, 0.3) is 0 Å². The van der Waals surface area contributed by atoms with Gasteiger partial charge in [-0.05, 0) is 78.5 Å². The molecule has 1 heterocycles. The van der Waals surface area contributed by atoms with Crippen molar-refractivity contribution in [3.8, 4) is 26.6 Å². The third kappa shape index (κ3) is 4.11. The average molecular weight is 407 g/mol. The molecule has 0 saturated heterocycles. The maximum atomic E-state index is 14.9. The van der Waals surface area contributed by atoms with E-state index in [2.05, 4.69) is 24.3 Å². The number of rotatable bonds is 6. The number of halogens is 1. The predicted octanol–water partition coefficient (Wildman–Crippen LogP) is 8.06. The molecule has 29 heavy (non-hydrogen) atoms. The Morgan fingerprint density at radius 2 is 1.59 bits per heavy atom. The first-order valence-corrected chi connectivity index (χ1v) is 11.7.